The van der Waals surface area contributed by atoms with E-state index >= 15 is 0 Å². The van der Waals surface area contributed by atoms with E-state index in [-0.39, 0.29) is 38.6 Å². The van der Waals surface area contributed by atoms with Gasteiger partial charge in [0, 0.05) is 19.4 Å². The van der Waals surface area contributed by atoms with Crippen LogP contribution in [0.25, 0.3) is 0 Å². The van der Waals surface area contributed by atoms with Crippen LogP contribution in [-0.2, 0) is 32.7 Å². The minimum Gasteiger partial charge on any atom is -0.462 e. The van der Waals surface area contributed by atoms with Crippen molar-refractivity contribution in [3.63, 3.8) is 0 Å². The Kier molecular flexibility index (Phi) is 67.9. The van der Waals surface area contributed by atoms with Crippen LogP contribution in [0.5, 0.6) is 0 Å². The highest BCUT2D eigenvalue weighted by Gasteiger charge is 2.26. The van der Waals surface area contributed by atoms with E-state index in [1.807, 2.05) is 0 Å². The van der Waals surface area contributed by atoms with Crippen LogP contribution in [0.3, 0.4) is 0 Å². The summed E-state index contributed by atoms with van der Waals surface area (Å²) in [5.74, 6) is -0.804. The zero-order valence-corrected chi connectivity index (χ0v) is 56.1. The van der Waals surface area contributed by atoms with Gasteiger partial charge in [-0.05, 0) is 70.6 Å². The summed E-state index contributed by atoms with van der Waals surface area (Å²) in [4.78, 5) is 35.4. The molecular formula is C73H140NO8P. The lowest BCUT2D eigenvalue weighted by Gasteiger charge is -2.19. The van der Waals surface area contributed by atoms with Gasteiger partial charge in [-0.2, -0.15) is 0 Å². The van der Waals surface area contributed by atoms with Crippen molar-refractivity contribution in [3.8, 4) is 0 Å². The molecule has 0 aliphatic rings. The zero-order chi connectivity index (χ0) is 60.1. The molecule has 3 N–H and O–H groups in total. The predicted octanol–water partition coefficient (Wildman–Crippen LogP) is 23.9. The van der Waals surface area contributed by atoms with Gasteiger partial charge in [0.1, 0.15) is 6.61 Å². The Hall–Kier alpha value is -1.77. The van der Waals surface area contributed by atoms with Gasteiger partial charge in [0.05, 0.1) is 13.2 Å². The molecule has 9 nitrogen and oxygen atoms in total. The van der Waals surface area contributed by atoms with Gasteiger partial charge in [-0.1, -0.05) is 339 Å². The summed E-state index contributed by atoms with van der Waals surface area (Å²) in [6.07, 6.45) is 86.8. The smallest absolute Gasteiger partial charge is 0.462 e. The quantitative estimate of drug-likeness (QED) is 0.0264. The first-order chi connectivity index (χ1) is 40.8. The Bertz CT molecular complexity index is 1450. The van der Waals surface area contributed by atoms with Gasteiger partial charge < -0.3 is 20.1 Å². The number of rotatable bonds is 70. The fourth-order valence-corrected chi connectivity index (χ4v) is 11.8. The van der Waals surface area contributed by atoms with E-state index in [9.17, 15) is 19.0 Å². The van der Waals surface area contributed by atoms with Gasteiger partial charge in [0.25, 0.3) is 0 Å². The maximum Gasteiger partial charge on any atom is 0.472 e. The lowest BCUT2D eigenvalue weighted by Crippen LogP contribution is -2.29. The number of ether oxygens (including phenoxy) is 2. The van der Waals surface area contributed by atoms with Gasteiger partial charge >= 0.3 is 19.8 Å². The normalized spacial score (nSPS) is 13.1. The van der Waals surface area contributed by atoms with E-state index in [0.29, 0.717) is 6.42 Å². The molecular weight excluding hydrogens is 1050 g/mol. The molecule has 0 aromatic rings. The average Bonchev–Trinajstić information content (AvgIpc) is 3.49. The first-order valence-corrected chi connectivity index (χ1v) is 38.0. The van der Waals surface area contributed by atoms with Gasteiger partial charge in [-0.25, -0.2) is 4.57 Å². The van der Waals surface area contributed by atoms with E-state index in [2.05, 4.69) is 50.3 Å². The summed E-state index contributed by atoms with van der Waals surface area (Å²) in [6.45, 7) is 3.81. The minimum absolute atomic E-state index is 0.0562. The Balaban J connectivity index is 3.80. The van der Waals surface area contributed by atoms with Crippen LogP contribution >= 0.6 is 7.82 Å². The third kappa shape index (κ3) is 69.2. The summed E-state index contributed by atoms with van der Waals surface area (Å²) >= 11 is 0. The molecule has 0 aliphatic carbocycles. The topological polar surface area (TPSA) is 134 Å². The maximum atomic E-state index is 12.8. The third-order valence-electron chi connectivity index (χ3n) is 16.5. The number of carbonyl (C=O) groups excluding carboxylic acids is 2. The molecule has 0 aromatic heterocycles. The molecule has 83 heavy (non-hydrogen) atoms. The summed E-state index contributed by atoms with van der Waals surface area (Å²) in [5.41, 5.74) is 5.41. The fraction of sp³-hybridized carbons (Fsp3) is 0.890. The summed E-state index contributed by atoms with van der Waals surface area (Å²) < 4.78 is 33.2. The molecule has 0 bridgehead atoms. The van der Waals surface area contributed by atoms with Crippen molar-refractivity contribution in [2.45, 2.75) is 392 Å². The summed E-state index contributed by atoms with van der Waals surface area (Å²) in [6, 6.07) is 0. The number of hydrogen-bond acceptors (Lipinski definition) is 8. The minimum atomic E-state index is -4.39. The number of esters is 2. The number of allylic oxidation sites excluding steroid dienone is 6. The Morgan fingerprint density at radius 3 is 0.928 bits per heavy atom. The van der Waals surface area contributed by atoms with Crippen molar-refractivity contribution >= 4 is 19.8 Å². The first kappa shape index (κ1) is 81.2. The molecule has 2 unspecified atom stereocenters. The molecule has 0 fully saturated rings. The Labute approximate surface area is 515 Å². The van der Waals surface area contributed by atoms with Crippen molar-refractivity contribution in [1.29, 1.82) is 0 Å². The number of nitrogens with two attached hydrogens (primary N) is 1. The van der Waals surface area contributed by atoms with Gasteiger partial charge in [-0.3, -0.25) is 18.6 Å². The number of unbranched alkanes of at least 4 members (excludes halogenated alkanes) is 51. The van der Waals surface area contributed by atoms with Gasteiger partial charge in [-0.15, -0.1) is 0 Å². The lowest BCUT2D eigenvalue weighted by atomic mass is 10.0. The van der Waals surface area contributed by atoms with Crippen LogP contribution in [0.4, 0.5) is 0 Å². The van der Waals surface area contributed by atoms with Crippen LogP contribution in [0, 0.1) is 0 Å². The van der Waals surface area contributed by atoms with Crippen LogP contribution < -0.4 is 5.73 Å². The number of phosphoric acid groups is 1. The standard InChI is InChI=1S/C73H140NO8P/c1-3-5-7-9-11-13-15-17-19-21-23-25-27-29-31-33-34-35-36-38-40-42-44-46-48-50-52-54-56-58-60-62-64-66-73(76)82-71(70-81-83(77,78)80-68-67-74)69-79-72(75)65-63-61-59-57-55-53-51-49-47-45-43-41-39-37-32-30-28-26-24-22-20-18-16-14-12-10-8-6-4-2/h15,17,21-24,71H,3-14,16,18-20,25-70,74H2,1-2H3,(H,77,78)/b17-15-,23-21-,24-22-. The van der Waals surface area contributed by atoms with Crippen molar-refractivity contribution in [1.82, 2.24) is 0 Å². The molecule has 0 aromatic carbocycles. The molecule has 2 atom stereocenters. The van der Waals surface area contributed by atoms with E-state index in [1.54, 1.807) is 0 Å². The van der Waals surface area contributed by atoms with Crippen molar-refractivity contribution < 1.29 is 37.6 Å². The summed E-state index contributed by atoms with van der Waals surface area (Å²) in [5, 5.41) is 0. The lowest BCUT2D eigenvalue weighted by molar-refractivity contribution is -0.161. The molecule has 0 saturated heterocycles. The number of hydrogen-bond donors (Lipinski definition) is 2. The fourth-order valence-electron chi connectivity index (χ4n) is 11.1. The molecule has 0 radical (unpaired) electrons. The molecule has 0 saturated carbocycles. The van der Waals surface area contributed by atoms with Crippen LogP contribution in [-0.4, -0.2) is 49.3 Å². The second-order valence-electron chi connectivity index (χ2n) is 24.8. The Morgan fingerprint density at radius 2 is 0.627 bits per heavy atom. The molecule has 0 spiro atoms. The highest BCUT2D eigenvalue weighted by Crippen LogP contribution is 2.43. The third-order valence-corrected chi connectivity index (χ3v) is 17.5. The largest absolute Gasteiger partial charge is 0.472 e. The SMILES string of the molecule is CCCCCCC/C=C\C/C=C\CCCCCCCCCCCCCCCCCCCCCCCC(=O)OC(COC(=O)CCCCCCCCCCCCCCCCCCC/C=C\CCCCCCCCCC)COP(=O)(O)OCCN. The van der Waals surface area contributed by atoms with Crippen LogP contribution in [0.1, 0.15) is 386 Å². The highest BCUT2D eigenvalue weighted by atomic mass is 31.2. The molecule has 10 heteroatoms. The molecule has 0 amide bonds. The predicted molar refractivity (Wildman–Crippen MR) is 358 cm³/mol. The van der Waals surface area contributed by atoms with E-state index in [4.69, 9.17) is 24.3 Å². The van der Waals surface area contributed by atoms with Gasteiger partial charge in [0.15, 0.2) is 6.10 Å². The van der Waals surface area contributed by atoms with Crippen LogP contribution in [0.2, 0.25) is 0 Å². The average molecular weight is 1190 g/mol. The monoisotopic (exact) mass is 1190 g/mol. The first-order valence-electron chi connectivity index (χ1n) is 36.5. The number of carbonyl (C=O) groups is 2. The molecule has 0 rings (SSSR count). The molecule has 490 valence electrons. The van der Waals surface area contributed by atoms with E-state index in [0.717, 1.165) is 38.5 Å². The maximum absolute atomic E-state index is 12.8. The summed E-state index contributed by atoms with van der Waals surface area (Å²) in [7, 11) is -4.39. The second kappa shape index (κ2) is 69.3. The Morgan fingerprint density at radius 1 is 0.361 bits per heavy atom. The van der Waals surface area contributed by atoms with E-state index < -0.39 is 26.5 Å². The molecule has 0 heterocycles. The van der Waals surface area contributed by atoms with Crippen molar-refractivity contribution in [2.24, 2.45) is 5.73 Å². The van der Waals surface area contributed by atoms with Crippen molar-refractivity contribution in [3.05, 3.63) is 36.5 Å². The molecule has 0 aliphatic heterocycles. The van der Waals surface area contributed by atoms with E-state index in [1.165, 1.54) is 315 Å². The number of phosphoric ester groups is 1. The van der Waals surface area contributed by atoms with Gasteiger partial charge in [0.2, 0.25) is 0 Å². The highest BCUT2D eigenvalue weighted by molar-refractivity contribution is 7.47. The zero-order valence-electron chi connectivity index (χ0n) is 55.2. The van der Waals surface area contributed by atoms with Crippen molar-refractivity contribution in [2.75, 3.05) is 26.4 Å². The van der Waals surface area contributed by atoms with Crippen LogP contribution in [0.15, 0.2) is 36.5 Å². The second-order valence-corrected chi connectivity index (χ2v) is 26.3.